The number of aliphatic hydroxyl groups excluding tert-OH is 1. The van der Waals surface area contributed by atoms with Crippen molar-refractivity contribution >= 4 is 51.1 Å². The minimum Gasteiger partial charge on any atom is -0.756 e. The predicted octanol–water partition coefficient (Wildman–Crippen LogP) is 10.5. The molecule has 2 rings (SSSR count). The van der Waals surface area contributed by atoms with Gasteiger partial charge in [0, 0.05) is 43.3 Å². The van der Waals surface area contributed by atoms with E-state index in [1.54, 1.807) is 25.3 Å². The van der Waals surface area contributed by atoms with Gasteiger partial charge in [-0.15, -0.1) is 6.58 Å². The van der Waals surface area contributed by atoms with Crippen molar-refractivity contribution in [1.82, 2.24) is 0 Å². The largest absolute Gasteiger partial charge is 1.00 e. The fraction of sp³-hybridized carbons (Fsp3) is 0.757. The Morgan fingerprint density at radius 3 is 1.04 bits per heavy atom. The molecule has 25 heteroatoms. The summed E-state index contributed by atoms with van der Waals surface area (Å²) in [5, 5.41) is 10.4. The molecule has 0 heterocycles. The van der Waals surface area contributed by atoms with Gasteiger partial charge in [0.15, 0.2) is 23.8 Å². The van der Waals surface area contributed by atoms with Crippen molar-refractivity contribution in [3.63, 3.8) is 0 Å². The maximum atomic E-state index is 12.8. The molecule has 1 aliphatic rings. The van der Waals surface area contributed by atoms with E-state index in [1.807, 2.05) is 12.1 Å². The Bertz CT molecular complexity index is 2340. The number of ether oxygens (including phenoxy) is 6. The van der Waals surface area contributed by atoms with Crippen molar-refractivity contribution in [3.8, 4) is 5.75 Å². The molecule has 21 nitrogen and oxygen atoms in total. The first-order valence-corrected chi connectivity index (χ1v) is 39.6. The standard InChI is InChI=1S/C57H110O17P2.C17H16O4.2Na/c1-5-9-13-17-21-25-29-33-37-41-54(59)67-47-52(73-56(61)43-39-35-31-27-23-19-15-11-7-3)49-71-75(63,64)69-45-51(58)46-70-76(65,66)72-50-53(74-57(62)44-40-36-32-28-24-20-16-12-8-4)48-68-55(60)42-38-34-30-26-22-18-14-10-6-2;1-4-13(11-5-7-12(20-2)8-6-11)14-9-16(19)17(21-3)10-15(14)18;;/h51-53,58H,5-50H2,1-4H3,(H,63,64)(H,65,66);4-10,13H,1H2,2-3H3;;/q;;2*+1/p-2. The van der Waals surface area contributed by atoms with Crippen LogP contribution in [0.25, 0.3) is 0 Å². The van der Waals surface area contributed by atoms with Crippen molar-refractivity contribution in [2.24, 2.45) is 0 Å². The molecule has 5 atom stereocenters. The maximum Gasteiger partial charge on any atom is 1.00 e. The van der Waals surface area contributed by atoms with Gasteiger partial charge in [0.2, 0.25) is 5.78 Å². The molecule has 0 spiro atoms. The van der Waals surface area contributed by atoms with Crippen LogP contribution in [0.2, 0.25) is 0 Å². The van der Waals surface area contributed by atoms with Crippen molar-refractivity contribution < 1.29 is 158 Å². The van der Waals surface area contributed by atoms with Gasteiger partial charge in [-0.05, 0) is 49.5 Å². The first-order chi connectivity index (χ1) is 46.8. The molecule has 5 unspecified atom stereocenters. The molecule has 1 aromatic carbocycles. The van der Waals surface area contributed by atoms with Gasteiger partial charge in [-0.3, -0.25) is 37.9 Å². The molecule has 0 fully saturated rings. The second kappa shape index (κ2) is 65.0. The zero-order chi connectivity index (χ0) is 71.6. The van der Waals surface area contributed by atoms with Gasteiger partial charge in [-0.25, -0.2) is 0 Å². The molecule has 0 amide bonds. The summed E-state index contributed by atoms with van der Waals surface area (Å²) in [5.41, 5.74) is 1.26. The van der Waals surface area contributed by atoms with Gasteiger partial charge >= 0.3 is 83.0 Å². The summed E-state index contributed by atoms with van der Waals surface area (Å²) < 4.78 is 76.7. The molecule has 0 aliphatic heterocycles. The third-order valence-corrected chi connectivity index (χ3v) is 18.3. The van der Waals surface area contributed by atoms with Crippen LogP contribution in [0.4, 0.5) is 0 Å². The van der Waals surface area contributed by atoms with Crippen LogP contribution in [0.1, 0.15) is 296 Å². The van der Waals surface area contributed by atoms with Gasteiger partial charge in [-0.2, -0.15) is 0 Å². The second-order valence-electron chi connectivity index (χ2n) is 25.2. The van der Waals surface area contributed by atoms with Crippen LogP contribution in [-0.4, -0.2) is 113 Å². The van der Waals surface area contributed by atoms with Gasteiger partial charge in [0.05, 0.1) is 40.6 Å². The summed E-state index contributed by atoms with van der Waals surface area (Å²) in [6.45, 7) is 8.13. The number of allylic oxidation sites excluding steroid dienone is 4. The van der Waals surface area contributed by atoms with E-state index < -0.39 is 97.5 Å². The molecule has 1 aliphatic carbocycles. The Hall–Kier alpha value is -2.56. The fourth-order valence-corrected chi connectivity index (χ4v) is 12.2. The minimum absolute atomic E-state index is 0. The van der Waals surface area contributed by atoms with Gasteiger partial charge in [0.25, 0.3) is 15.6 Å². The third-order valence-electron chi connectivity index (χ3n) is 16.4. The molecule has 0 aromatic heterocycles. The summed E-state index contributed by atoms with van der Waals surface area (Å²) in [4.78, 5) is 100. The number of hydrogen-bond acceptors (Lipinski definition) is 21. The number of esters is 4. The average Bonchev–Trinajstić information content (AvgIpc) is 0.817. The van der Waals surface area contributed by atoms with Crippen molar-refractivity contribution in [3.05, 3.63) is 66.0 Å². The van der Waals surface area contributed by atoms with Gasteiger partial charge in [-0.1, -0.05) is 251 Å². The van der Waals surface area contributed by atoms with Crippen molar-refractivity contribution in [1.29, 1.82) is 0 Å². The number of rotatable bonds is 63. The number of hydrogen-bond donors (Lipinski definition) is 1. The smallest absolute Gasteiger partial charge is 0.756 e. The molecule has 1 N–H and O–H groups in total. The first kappa shape index (κ1) is 98.5. The maximum absolute atomic E-state index is 12.8. The normalized spacial score (nSPS) is 14.4. The summed E-state index contributed by atoms with van der Waals surface area (Å²) in [6, 6.07) is 7.30. The molecule has 0 saturated heterocycles. The molecular formula is C74H124Na2O21P2. The summed E-state index contributed by atoms with van der Waals surface area (Å²) in [7, 11) is -7.44. The Morgan fingerprint density at radius 2 is 0.737 bits per heavy atom. The molecule has 0 saturated carbocycles. The number of carbonyl (C=O) groups is 6. The summed E-state index contributed by atoms with van der Waals surface area (Å²) >= 11 is 0. The number of unbranched alkanes of at least 4 members (excludes halogenated alkanes) is 32. The monoisotopic (exact) mass is 1460 g/mol. The van der Waals surface area contributed by atoms with Crippen LogP contribution in [0, 0.1) is 0 Å². The van der Waals surface area contributed by atoms with Crippen molar-refractivity contribution in [2.45, 2.75) is 309 Å². The van der Waals surface area contributed by atoms with E-state index in [1.165, 1.54) is 122 Å². The second-order valence-corrected chi connectivity index (χ2v) is 28.0. The van der Waals surface area contributed by atoms with E-state index in [4.69, 9.17) is 46.5 Å². The van der Waals surface area contributed by atoms with E-state index in [2.05, 4.69) is 34.3 Å². The van der Waals surface area contributed by atoms with Crippen LogP contribution < -0.4 is 73.6 Å². The van der Waals surface area contributed by atoms with Gasteiger partial charge in [0.1, 0.15) is 25.1 Å². The number of carbonyl (C=O) groups excluding carboxylic acids is 6. The number of ketones is 2. The molecule has 0 bridgehead atoms. The third kappa shape index (κ3) is 54.7. The molecular weight excluding hydrogens is 1330 g/mol. The SMILES string of the molecule is C=CC(C1=CC(=O)C(OC)=CC1=O)c1ccc(OC)cc1.CCCCCCCCCCCC(=O)OCC(COP(=O)([O-])OCC(O)COP(=O)([O-])OCC(COC(=O)CCCCCCCCCCC)OC(=O)CCCCCCCCCCC)OC(=O)CCCCCCCCCCC.[Na+].[Na+]. The predicted molar refractivity (Wildman–Crippen MR) is 373 cm³/mol. The Balaban J connectivity index is 0. The van der Waals surface area contributed by atoms with E-state index in [9.17, 15) is 52.8 Å². The van der Waals surface area contributed by atoms with E-state index in [0.29, 0.717) is 31.3 Å². The topological polar surface area (TPSA) is 295 Å². The van der Waals surface area contributed by atoms with E-state index in [-0.39, 0.29) is 108 Å². The van der Waals surface area contributed by atoms with Crippen LogP contribution in [0.5, 0.6) is 5.75 Å². The van der Waals surface area contributed by atoms with E-state index >= 15 is 0 Å². The van der Waals surface area contributed by atoms with Crippen molar-refractivity contribution in [2.75, 3.05) is 53.9 Å². The fourth-order valence-electron chi connectivity index (χ4n) is 10.6. The number of benzene rings is 1. The Labute approximate surface area is 639 Å². The Kier molecular flexibility index (Phi) is 64.7. The number of phosphoric acid groups is 2. The van der Waals surface area contributed by atoms with Crippen LogP contribution in [0.15, 0.2) is 60.4 Å². The molecule has 558 valence electrons. The van der Waals surface area contributed by atoms with Crippen LogP contribution in [-0.2, 0) is 79.7 Å². The zero-order valence-electron chi connectivity index (χ0n) is 62.1. The zero-order valence-corrected chi connectivity index (χ0v) is 67.9. The molecule has 0 radical (unpaired) electrons. The van der Waals surface area contributed by atoms with Crippen LogP contribution in [0.3, 0.4) is 0 Å². The summed E-state index contributed by atoms with van der Waals surface area (Å²) in [6.07, 6.45) is 38.4. The summed E-state index contributed by atoms with van der Waals surface area (Å²) in [5.74, 6) is -2.36. The number of methoxy groups -OCH3 is 2. The first-order valence-electron chi connectivity index (χ1n) is 36.7. The minimum atomic E-state index is -5.20. The quantitative estimate of drug-likeness (QED) is 0.0121. The van der Waals surface area contributed by atoms with Gasteiger partial charge < -0.3 is 61.4 Å². The molecule has 99 heavy (non-hydrogen) atoms. The number of aliphatic hydroxyl groups is 1. The average molecular weight is 1460 g/mol. The van der Waals surface area contributed by atoms with E-state index in [0.717, 1.165) is 114 Å². The van der Waals surface area contributed by atoms with Crippen LogP contribution >= 0.6 is 15.6 Å². The Morgan fingerprint density at radius 1 is 0.434 bits per heavy atom. The molecule has 1 aromatic rings. The number of phosphoric ester groups is 2.